The predicted octanol–water partition coefficient (Wildman–Crippen LogP) is 1.26. The van der Waals surface area contributed by atoms with Gasteiger partial charge in [0.1, 0.15) is 0 Å². The van der Waals surface area contributed by atoms with E-state index in [0.717, 1.165) is 0 Å². The zero-order chi connectivity index (χ0) is 9.28. The molecule has 0 aliphatic rings. The van der Waals surface area contributed by atoms with Crippen LogP contribution >= 0.6 is 15.9 Å². The third kappa shape index (κ3) is 1.93. The summed E-state index contributed by atoms with van der Waals surface area (Å²) in [7, 11) is 0. The molecule has 11 heavy (non-hydrogen) atoms. The Bertz CT molecular complexity index is 168. The van der Waals surface area contributed by atoms with Crippen LogP contribution in [0.2, 0.25) is 0 Å². The summed E-state index contributed by atoms with van der Waals surface area (Å²) < 4.78 is 35.6. The van der Waals surface area contributed by atoms with E-state index in [4.69, 9.17) is 5.11 Å². The Balaban J connectivity index is 4.75. The Morgan fingerprint density at radius 2 is 1.91 bits per heavy atom. The van der Waals surface area contributed by atoms with Gasteiger partial charge in [0.05, 0.1) is 0 Å². The van der Waals surface area contributed by atoms with Crippen molar-refractivity contribution in [3.8, 4) is 0 Å². The molecule has 0 aromatic carbocycles. The number of ketones is 1. The second kappa shape index (κ2) is 3.10. The molecule has 0 fully saturated rings. The van der Waals surface area contributed by atoms with Crippen molar-refractivity contribution >= 4 is 21.7 Å². The highest BCUT2D eigenvalue weighted by atomic mass is 79.9. The molecule has 0 saturated carbocycles. The van der Waals surface area contributed by atoms with Crippen LogP contribution in [0.1, 0.15) is 6.92 Å². The molecule has 0 saturated heterocycles. The van der Waals surface area contributed by atoms with Crippen molar-refractivity contribution in [2.75, 3.05) is 5.33 Å². The van der Waals surface area contributed by atoms with Gasteiger partial charge in [-0.05, 0) is 6.92 Å². The average Bonchev–Trinajstić information content (AvgIpc) is 1.83. The van der Waals surface area contributed by atoms with Gasteiger partial charge >= 0.3 is 6.18 Å². The molecule has 2 nitrogen and oxygen atoms in total. The maximum Gasteiger partial charge on any atom is 0.425 e. The largest absolute Gasteiger partial charge is 0.425 e. The van der Waals surface area contributed by atoms with E-state index in [1.165, 1.54) is 0 Å². The van der Waals surface area contributed by atoms with Gasteiger partial charge in [0, 0.05) is 5.33 Å². The van der Waals surface area contributed by atoms with Crippen LogP contribution in [0.3, 0.4) is 0 Å². The topological polar surface area (TPSA) is 37.3 Å². The van der Waals surface area contributed by atoms with Crippen LogP contribution in [0.4, 0.5) is 13.2 Å². The van der Waals surface area contributed by atoms with Crippen LogP contribution in [0.15, 0.2) is 0 Å². The summed E-state index contributed by atoms with van der Waals surface area (Å²) >= 11 is 2.42. The lowest BCUT2D eigenvalue weighted by molar-refractivity contribution is -0.240. The van der Waals surface area contributed by atoms with E-state index in [0.29, 0.717) is 6.92 Å². The zero-order valence-corrected chi connectivity index (χ0v) is 7.16. The third-order valence-electron chi connectivity index (χ3n) is 1.24. The van der Waals surface area contributed by atoms with Crippen molar-refractivity contribution in [3.05, 3.63) is 0 Å². The van der Waals surface area contributed by atoms with Crippen molar-refractivity contribution in [1.29, 1.82) is 0 Å². The fourth-order valence-corrected chi connectivity index (χ4v) is 1.08. The normalized spacial score (nSPS) is 17.6. The van der Waals surface area contributed by atoms with Gasteiger partial charge in [-0.2, -0.15) is 13.2 Å². The molecular formula is C5H6BrF3O2. The molecule has 66 valence electrons. The molecule has 0 aromatic heterocycles. The first kappa shape index (κ1) is 10.9. The van der Waals surface area contributed by atoms with E-state index in [-0.39, 0.29) is 0 Å². The van der Waals surface area contributed by atoms with Crippen LogP contribution < -0.4 is 0 Å². The SMILES string of the molecule is CC(=O)C(O)(CBr)C(F)(F)F. The second-order valence-electron chi connectivity index (χ2n) is 2.05. The molecule has 0 aliphatic carbocycles. The summed E-state index contributed by atoms with van der Waals surface area (Å²) in [5, 5.41) is 7.88. The van der Waals surface area contributed by atoms with Crippen molar-refractivity contribution < 1.29 is 23.1 Å². The minimum absolute atomic E-state index is 0.689. The standard InChI is InChI=1S/C5H6BrF3O2/c1-3(10)4(11,2-6)5(7,8)9/h11H,2H2,1H3. The van der Waals surface area contributed by atoms with Crippen LogP contribution in [0.5, 0.6) is 0 Å². The van der Waals surface area contributed by atoms with Crippen molar-refractivity contribution in [1.82, 2.24) is 0 Å². The first-order chi connectivity index (χ1) is 4.75. The van der Waals surface area contributed by atoms with Gasteiger partial charge in [-0.3, -0.25) is 4.79 Å². The van der Waals surface area contributed by atoms with Gasteiger partial charge in [0.25, 0.3) is 0 Å². The van der Waals surface area contributed by atoms with Gasteiger partial charge in [0.2, 0.25) is 5.60 Å². The second-order valence-corrected chi connectivity index (χ2v) is 2.61. The number of carbonyl (C=O) groups excluding carboxylic acids is 1. The maximum absolute atomic E-state index is 11.9. The van der Waals surface area contributed by atoms with E-state index in [2.05, 4.69) is 15.9 Å². The molecule has 0 rings (SSSR count). The predicted molar refractivity (Wildman–Crippen MR) is 35.5 cm³/mol. The van der Waals surface area contributed by atoms with E-state index < -0.39 is 22.9 Å². The number of halogens is 4. The fourth-order valence-electron chi connectivity index (χ4n) is 0.369. The molecule has 0 radical (unpaired) electrons. The summed E-state index contributed by atoms with van der Waals surface area (Å²) in [6.07, 6.45) is -4.91. The summed E-state index contributed by atoms with van der Waals surface area (Å²) in [6, 6.07) is 0. The molecule has 0 aliphatic heterocycles. The summed E-state index contributed by atoms with van der Waals surface area (Å²) in [4.78, 5) is 10.3. The van der Waals surface area contributed by atoms with Gasteiger partial charge in [-0.25, -0.2) is 0 Å². The Hall–Kier alpha value is -0.100. The van der Waals surface area contributed by atoms with Gasteiger partial charge in [0.15, 0.2) is 5.78 Å². The summed E-state index contributed by atoms with van der Waals surface area (Å²) in [5.74, 6) is -1.32. The summed E-state index contributed by atoms with van der Waals surface area (Å²) in [5.41, 5.74) is -3.24. The number of hydrogen-bond donors (Lipinski definition) is 1. The molecular weight excluding hydrogens is 229 g/mol. The van der Waals surface area contributed by atoms with Crippen LogP contribution in [0.25, 0.3) is 0 Å². The molecule has 1 N–H and O–H groups in total. The van der Waals surface area contributed by atoms with Crippen LogP contribution in [-0.4, -0.2) is 28.0 Å². The Kier molecular flexibility index (Phi) is 3.07. The molecule has 1 atom stereocenters. The van der Waals surface area contributed by atoms with Crippen LogP contribution in [0, 0.1) is 0 Å². The van der Waals surface area contributed by atoms with Gasteiger partial charge in [-0.1, -0.05) is 15.9 Å². The smallest absolute Gasteiger partial charge is 0.373 e. The van der Waals surface area contributed by atoms with E-state index in [9.17, 15) is 18.0 Å². The lowest BCUT2D eigenvalue weighted by atomic mass is 10.0. The highest BCUT2D eigenvalue weighted by Crippen LogP contribution is 2.32. The molecule has 0 heterocycles. The first-order valence-corrected chi connectivity index (χ1v) is 3.74. The van der Waals surface area contributed by atoms with Crippen molar-refractivity contribution in [2.24, 2.45) is 0 Å². The van der Waals surface area contributed by atoms with Crippen LogP contribution in [-0.2, 0) is 4.79 Å². The number of hydrogen-bond acceptors (Lipinski definition) is 2. The lowest BCUT2D eigenvalue weighted by Crippen LogP contribution is -2.52. The van der Waals surface area contributed by atoms with Gasteiger partial charge < -0.3 is 5.11 Å². The third-order valence-corrected chi connectivity index (χ3v) is 2.06. The number of aliphatic hydroxyl groups is 1. The average molecular weight is 235 g/mol. The quantitative estimate of drug-likeness (QED) is 0.731. The number of alkyl halides is 4. The molecule has 0 aromatic rings. The monoisotopic (exact) mass is 234 g/mol. The number of Topliss-reactive ketones (excluding diaryl/α,β-unsaturated/α-hetero) is 1. The number of carbonyl (C=O) groups is 1. The molecule has 6 heteroatoms. The maximum atomic E-state index is 11.9. The Morgan fingerprint density at radius 1 is 1.55 bits per heavy atom. The molecule has 0 bridgehead atoms. The molecule has 0 spiro atoms. The minimum atomic E-state index is -4.91. The zero-order valence-electron chi connectivity index (χ0n) is 5.57. The minimum Gasteiger partial charge on any atom is -0.373 e. The first-order valence-electron chi connectivity index (χ1n) is 2.62. The fraction of sp³-hybridized carbons (Fsp3) is 0.800. The van der Waals surface area contributed by atoms with E-state index >= 15 is 0 Å². The van der Waals surface area contributed by atoms with Crippen molar-refractivity contribution in [2.45, 2.75) is 18.7 Å². The van der Waals surface area contributed by atoms with Gasteiger partial charge in [-0.15, -0.1) is 0 Å². The van der Waals surface area contributed by atoms with E-state index in [1.807, 2.05) is 0 Å². The summed E-state index contributed by atoms with van der Waals surface area (Å²) in [6.45, 7) is 0.689. The van der Waals surface area contributed by atoms with Crippen molar-refractivity contribution in [3.63, 3.8) is 0 Å². The number of rotatable bonds is 2. The van der Waals surface area contributed by atoms with E-state index in [1.54, 1.807) is 0 Å². The highest BCUT2D eigenvalue weighted by Gasteiger charge is 2.56. The Labute approximate surface area is 69.5 Å². The Morgan fingerprint density at radius 3 is 1.91 bits per heavy atom. The molecule has 1 unspecified atom stereocenters. The lowest BCUT2D eigenvalue weighted by Gasteiger charge is -2.25. The molecule has 0 amide bonds. The highest BCUT2D eigenvalue weighted by molar-refractivity contribution is 9.09.